The Bertz CT molecular complexity index is 390. The van der Waals surface area contributed by atoms with Gasteiger partial charge in [-0.05, 0) is 31.7 Å². The fourth-order valence-electron chi connectivity index (χ4n) is 1.84. The average Bonchev–Trinajstić information content (AvgIpc) is 2.27. The summed E-state index contributed by atoms with van der Waals surface area (Å²) < 4.78 is 0. The first-order valence-corrected chi connectivity index (χ1v) is 6.15. The Morgan fingerprint density at radius 2 is 2.12 bits per heavy atom. The standard InChI is InChI=1S/C14H20ClNO/c1-11(12-6-5-7-13(15)8-12)16(4)9-14(2,3)10-17/h5-8,10-11H,9H2,1-4H3. The maximum atomic E-state index is 10.9. The lowest BCUT2D eigenvalue weighted by atomic mass is 9.94. The predicted molar refractivity (Wildman–Crippen MR) is 72.3 cm³/mol. The summed E-state index contributed by atoms with van der Waals surface area (Å²) in [5.74, 6) is 0. The van der Waals surface area contributed by atoms with Crippen LogP contribution in [-0.4, -0.2) is 24.8 Å². The van der Waals surface area contributed by atoms with E-state index in [4.69, 9.17) is 11.6 Å². The normalized spacial score (nSPS) is 13.8. The van der Waals surface area contributed by atoms with E-state index >= 15 is 0 Å². The van der Waals surface area contributed by atoms with Gasteiger partial charge in [0.15, 0.2) is 0 Å². The van der Waals surface area contributed by atoms with Crippen LogP contribution < -0.4 is 0 Å². The second kappa shape index (κ2) is 5.65. The van der Waals surface area contributed by atoms with Crippen molar-refractivity contribution in [3.8, 4) is 0 Å². The van der Waals surface area contributed by atoms with E-state index in [1.807, 2.05) is 39.1 Å². The number of hydrogen-bond acceptors (Lipinski definition) is 2. The van der Waals surface area contributed by atoms with Crippen molar-refractivity contribution in [2.75, 3.05) is 13.6 Å². The number of benzene rings is 1. The monoisotopic (exact) mass is 253 g/mol. The molecule has 0 aliphatic rings. The quantitative estimate of drug-likeness (QED) is 0.748. The van der Waals surface area contributed by atoms with Crippen molar-refractivity contribution in [3.63, 3.8) is 0 Å². The van der Waals surface area contributed by atoms with Gasteiger partial charge in [-0.3, -0.25) is 4.90 Å². The third-order valence-electron chi connectivity index (χ3n) is 2.97. The van der Waals surface area contributed by atoms with Gasteiger partial charge in [-0.25, -0.2) is 0 Å². The van der Waals surface area contributed by atoms with Gasteiger partial charge in [-0.1, -0.05) is 37.6 Å². The summed E-state index contributed by atoms with van der Waals surface area (Å²) in [4.78, 5) is 13.1. The summed E-state index contributed by atoms with van der Waals surface area (Å²) in [6.07, 6.45) is 1.01. The van der Waals surface area contributed by atoms with E-state index in [1.165, 1.54) is 5.56 Å². The highest BCUT2D eigenvalue weighted by molar-refractivity contribution is 6.30. The van der Waals surface area contributed by atoms with Crippen LogP contribution in [0.15, 0.2) is 24.3 Å². The Balaban J connectivity index is 2.76. The predicted octanol–water partition coefficient (Wildman–Crippen LogP) is 3.56. The molecule has 0 radical (unpaired) electrons. The highest BCUT2D eigenvalue weighted by Gasteiger charge is 2.22. The second-order valence-electron chi connectivity index (χ2n) is 5.25. The molecule has 1 aromatic carbocycles. The molecule has 1 rings (SSSR count). The summed E-state index contributed by atoms with van der Waals surface area (Å²) in [5, 5.41) is 0.748. The van der Waals surface area contributed by atoms with Crippen molar-refractivity contribution >= 4 is 17.9 Å². The second-order valence-corrected chi connectivity index (χ2v) is 5.69. The largest absolute Gasteiger partial charge is 0.303 e. The lowest BCUT2D eigenvalue weighted by molar-refractivity contribution is -0.115. The Hall–Kier alpha value is -0.860. The first kappa shape index (κ1) is 14.2. The lowest BCUT2D eigenvalue weighted by Gasteiger charge is -2.30. The Morgan fingerprint density at radius 3 is 2.65 bits per heavy atom. The molecule has 0 heterocycles. The SMILES string of the molecule is CC(c1cccc(Cl)c1)N(C)CC(C)(C)C=O. The van der Waals surface area contributed by atoms with Crippen LogP contribution in [0, 0.1) is 5.41 Å². The Morgan fingerprint density at radius 1 is 1.47 bits per heavy atom. The van der Waals surface area contributed by atoms with E-state index in [-0.39, 0.29) is 11.5 Å². The van der Waals surface area contributed by atoms with Crippen LogP contribution in [0.3, 0.4) is 0 Å². The molecule has 0 saturated heterocycles. The third-order valence-corrected chi connectivity index (χ3v) is 3.20. The summed E-state index contributed by atoms with van der Waals surface area (Å²) in [6, 6.07) is 8.09. The van der Waals surface area contributed by atoms with E-state index in [0.29, 0.717) is 0 Å². The zero-order valence-electron chi connectivity index (χ0n) is 10.9. The number of carbonyl (C=O) groups is 1. The highest BCUT2D eigenvalue weighted by Crippen LogP contribution is 2.24. The zero-order chi connectivity index (χ0) is 13.1. The molecule has 1 aromatic rings. The summed E-state index contributed by atoms with van der Waals surface area (Å²) in [7, 11) is 2.02. The van der Waals surface area contributed by atoms with Crippen molar-refractivity contribution in [1.82, 2.24) is 4.90 Å². The number of aldehydes is 1. The van der Waals surface area contributed by atoms with Gasteiger partial charge in [0.25, 0.3) is 0 Å². The molecule has 17 heavy (non-hydrogen) atoms. The van der Waals surface area contributed by atoms with E-state index in [9.17, 15) is 4.79 Å². The van der Waals surface area contributed by atoms with Crippen LogP contribution >= 0.6 is 11.6 Å². The molecule has 1 unspecified atom stereocenters. The number of halogens is 1. The minimum absolute atomic E-state index is 0.243. The molecule has 94 valence electrons. The Kier molecular flexibility index (Phi) is 4.72. The van der Waals surface area contributed by atoms with E-state index in [2.05, 4.69) is 17.9 Å². The van der Waals surface area contributed by atoms with Crippen LogP contribution in [0.25, 0.3) is 0 Å². The van der Waals surface area contributed by atoms with Crippen molar-refractivity contribution in [1.29, 1.82) is 0 Å². The topological polar surface area (TPSA) is 20.3 Å². The summed E-state index contributed by atoms with van der Waals surface area (Å²) >= 11 is 5.98. The first-order valence-electron chi connectivity index (χ1n) is 5.78. The summed E-state index contributed by atoms with van der Waals surface area (Å²) in [5.41, 5.74) is 0.850. The molecule has 0 amide bonds. The van der Waals surface area contributed by atoms with Gasteiger partial charge in [0.1, 0.15) is 6.29 Å². The smallest absolute Gasteiger partial charge is 0.126 e. The molecule has 0 N–H and O–H groups in total. The molecule has 0 aliphatic carbocycles. The molecule has 0 aromatic heterocycles. The van der Waals surface area contributed by atoms with Gasteiger partial charge >= 0.3 is 0 Å². The van der Waals surface area contributed by atoms with Crippen LogP contribution in [0.1, 0.15) is 32.4 Å². The number of rotatable bonds is 5. The van der Waals surface area contributed by atoms with Gasteiger partial charge in [0.2, 0.25) is 0 Å². The average molecular weight is 254 g/mol. The minimum atomic E-state index is -0.318. The molecule has 1 atom stereocenters. The fourth-order valence-corrected chi connectivity index (χ4v) is 2.04. The van der Waals surface area contributed by atoms with Crippen molar-refractivity contribution < 1.29 is 4.79 Å². The third kappa shape index (κ3) is 4.14. The maximum absolute atomic E-state index is 10.9. The minimum Gasteiger partial charge on any atom is -0.303 e. The first-order chi connectivity index (χ1) is 7.85. The molecule has 3 heteroatoms. The highest BCUT2D eigenvalue weighted by atomic mass is 35.5. The van der Waals surface area contributed by atoms with E-state index in [0.717, 1.165) is 17.9 Å². The molecule has 0 fully saturated rings. The van der Waals surface area contributed by atoms with Gasteiger partial charge < -0.3 is 4.79 Å². The van der Waals surface area contributed by atoms with Gasteiger partial charge in [-0.15, -0.1) is 0 Å². The zero-order valence-corrected chi connectivity index (χ0v) is 11.7. The van der Waals surface area contributed by atoms with Crippen molar-refractivity contribution in [3.05, 3.63) is 34.9 Å². The molecular formula is C14H20ClNO. The van der Waals surface area contributed by atoms with Gasteiger partial charge in [-0.2, -0.15) is 0 Å². The van der Waals surface area contributed by atoms with Crippen LogP contribution in [0.2, 0.25) is 5.02 Å². The molecule has 2 nitrogen and oxygen atoms in total. The molecule has 0 saturated carbocycles. The number of hydrogen-bond donors (Lipinski definition) is 0. The van der Waals surface area contributed by atoms with Crippen molar-refractivity contribution in [2.45, 2.75) is 26.8 Å². The van der Waals surface area contributed by atoms with E-state index in [1.54, 1.807) is 0 Å². The lowest BCUT2D eigenvalue weighted by Crippen LogP contribution is -2.34. The number of nitrogens with zero attached hydrogens (tertiary/aromatic N) is 1. The van der Waals surface area contributed by atoms with E-state index < -0.39 is 0 Å². The maximum Gasteiger partial charge on any atom is 0.126 e. The number of carbonyl (C=O) groups excluding carboxylic acids is 1. The fraction of sp³-hybridized carbons (Fsp3) is 0.500. The van der Waals surface area contributed by atoms with Crippen LogP contribution in [-0.2, 0) is 4.79 Å². The van der Waals surface area contributed by atoms with Crippen molar-refractivity contribution in [2.24, 2.45) is 5.41 Å². The molecule has 0 aliphatic heterocycles. The van der Waals surface area contributed by atoms with Gasteiger partial charge in [0.05, 0.1) is 0 Å². The van der Waals surface area contributed by atoms with Crippen LogP contribution in [0.5, 0.6) is 0 Å². The van der Waals surface area contributed by atoms with Gasteiger partial charge in [0, 0.05) is 23.0 Å². The Labute approximate surface area is 109 Å². The molecule has 0 bridgehead atoms. The summed E-state index contributed by atoms with van der Waals surface area (Å²) in [6.45, 7) is 6.74. The molecule has 0 spiro atoms. The van der Waals surface area contributed by atoms with Crippen LogP contribution in [0.4, 0.5) is 0 Å². The molecular weight excluding hydrogens is 234 g/mol.